The van der Waals surface area contributed by atoms with Crippen LogP contribution in [0.2, 0.25) is 5.02 Å². The van der Waals surface area contributed by atoms with Gasteiger partial charge in [-0.15, -0.1) is 0 Å². The summed E-state index contributed by atoms with van der Waals surface area (Å²) in [6, 6.07) is 11.0. The Bertz CT molecular complexity index is 1070. The predicted molar refractivity (Wildman–Crippen MR) is 127 cm³/mol. The van der Waals surface area contributed by atoms with Crippen LogP contribution in [0.1, 0.15) is 48.0 Å². The fraction of sp³-hybridized carbons (Fsp3) is 0.400. The summed E-state index contributed by atoms with van der Waals surface area (Å²) in [7, 11) is 1.51. The molecule has 3 atom stereocenters. The van der Waals surface area contributed by atoms with Crippen LogP contribution in [0.4, 0.5) is 5.69 Å². The van der Waals surface area contributed by atoms with Gasteiger partial charge in [0.15, 0.2) is 0 Å². The Morgan fingerprint density at radius 1 is 1.18 bits per heavy atom. The number of rotatable bonds is 5. The standard InChI is InChI=1S/C25H28ClN3O4/c1-15-11-12-16(26)13-19(15)27-23(30)14-21-24(31)28-18-8-4-5-9-20(18)29(21)25(32)17-7-3-6-10-22(17)33-2/h3,6-7,10-13,18,20-21H,4-5,8-9,14H2,1-2H3,(H,27,30)(H,28,31)/t18-,20-,21-/m1/s1. The molecule has 2 aromatic carbocycles. The number of aryl methyl sites for hydroxylation is 1. The molecule has 1 aliphatic heterocycles. The number of carbonyl (C=O) groups excluding carboxylic acids is 3. The summed E-state index contributed by atoms with van der Waals surface area (Å²) in [4.78, 5) is 41.5. The molecule has 0 spiro atoms. The van der Waals surface area contributed by atoms with E-state index in [1.165, 1.54) is 7.11 Å². The molecule has 2 fully saturated rings. The molecule has 2 N–H and O–H groups in total. The monoisotopic (exact) mass is 469 g/mol. The highest BCUT2D eigenvalue weighted by atomic mass is 35.5. The van der Waals surface area contributed by atoms with Gasteiger partial charge in [-0.25, -0.2) is 0 Å². The number of methoxy groups -OCH3 is 1. The summed E-state index contributed by atoms with van der Waals surface area (Å²) >= 11 is 6.07. The molecule has 0 unspecified atom stereocenters. The Kier molecular flexibility index (Phi) is 6.88. The molecule has 8 heteroatoms. The molecule has 1 heterocycles. The molecule has 1 saturated heterocycles. The molecule has 1 aliphatic carbocycles. The van der Waals surface area contributed by atoms with E-state index < -0.39 is 6.04 Å². The second-order valence-corrected chi connectivity index (χ2v) is 9.04. The summed E-state index contributed by atoms with van der Waals surface area (Å²) in [6.45, 7) is 1.86. The third kappa shape index (κ3) is 4.83. The second kappa shape index (κ2) is 9.83. The van der Waals surface area contributed by atoms with Crippen molar-refractivity contribution < 1.29 is 19.1 Å². The van der Waals surface area contributed by atoms with Crippen LogP contribution >= 0.6 is 11.6 Å². The maximum Gasteiger partial charge on any atom is 0.258 e. The van der Waals surface area contributed by atoms with E-state index in [4.69, 9.17) is 16.3 Å². The molecular formula is C25H28ClN3O4. The number of fused-ring (bicyclic) bond motifs is 1. The molecule has 33 heavy (non-hydrogen) atoms. The van der Waals surface area contributed by atoms with Gasteiger partial charge in [0.1, 0.15) is 11.8 Å². The molecule has 3 amide bonds. The van der Waals surface area contributed by atoms with Gasteiger partial charge in [0.05, 0.1) is 25.1 Å². The minimum Gasteiger partial charge on any atom is -0.496 e. The first kappa shape index (κ1) is 23.1. The van der Waals surface area contributed by atoms with Gasteiger partial charge < -0.3 is 20.3 Å². The number of para-hydroxylation sites is 1. The summed E-state index contributed by atoms with van der Waals surface area (Å²) in [5.41, 5.74) is 1.83. The summed E-state index contributed by atoms with van der Waals surface area (Å²) in [6.07, 6.45) is 3.40. The zero-order chi connectivity index (χ0) is 23.5. The molecular weight excluding hydrogens is 442 g/mol. The van der Waals surface area contributed by atoms with E-state index in [1.54, 1.807) is 41.3 Å². The van der Waals surface area contributed by atoms with Gasteiger partial charge in [0.2, 0.25) is 11.8 Å². The molecule has 0 radical (unpaired) electrons. The number of anilines is 1. The lowest BCUT2D eigenvalue weighted by Gasteiger charge is -2.48. The van der Waals surface area contributed by atoms with Crippen LogP contribution in [0.3, 0.4) is 0 Å². The summed E-state index contributed by atoms with van der Waals surface area (Å²) in [5.74, 6) is -0.513. The van der Waals surface area contributed by atoms with Gasteiger partial charge in [-0.3, -0.25) is 14.4 Å². The SMILES string of the molecule is COc1ccccc1C(=O)N1[C@H](CC(=O)Nc2cc(Cl)ccc2C)C(=O)N[C@@H]2CCCC[C@H]21. The molecule has 0 bridgehead atoms. The predicted octanol–water partition coefficient (Wildman–Crippen LogP) is 3.94. The molecule has 7 nitrogen and oxygen atoms in total. The van der Waals surface area contributed by atoms with Gasteiger partial charge >= 0.3 is 0 Å². The topological polar surface area (TPSA) is 87.7 Å². The summed E-state index contributed by atoms with van der Waals surface area (Å²) < 4.78 is 5.40. The first-order valence-electron chi connectivity index (χ1n) is 11.2. The Hall–Kier alpha value is -3.06. The van der Waals surface area contributed by atoms with Gasteiger partial charge in [-0.05, 0) is 49.6 Å². The number of nitrogens with zero attached hydrogens (tertiary/aromatic N) is 1. The Morgan fingerprint density at radius 2 is 1.94 bits per heavy atom. The number of hydrogen-bond acceptors (Lipinski definition) is 4. The van der Waals surface area contributed by atoms with E-state index in [2.05, 4.69) is 10.6 Å². The number of benzene rings is 2. The fourth-order valence-electron chi connectivity index (χ4n) is 4.80. The van der Waals surface area contributed by atoms with E-state index in [1.807, 2.05) is 13.0 Å². The van der Waals surface area contributed by atoms with Crippen LogP contribution in [0.25, 0.3) is 0 Å². The van der Waals surface area contributed by atoms with Crippen molar-refractivity contribution in [2.75, 3.05) is 12.4 Å². The minimum atomic E-state index is -0.916. The fourth-order valence-corrected chi connectivity index (χ4v) is 4.97. The minimum absolute atomic E-state index is 0.112. The summed E-state index contributed by atoms with van der Waals surface area (Å²) in [5, 5.41) is 6.41. The lowest BCUT2D eigenvalue weighted by atomic mass is 9.84. The Morgan fingerprint density at radius 3 is 2.73 bits per heavy atom. The van der Waals surface area contributed by atoms with E-state index in [0.29, 0.717) is 22.0 Å². The number of ether oxygens (including phenoxy) is 1. The highest BCUT2D eigenvalue weighted by Crippen LogP contribution is 2.32. The van der Waals surface area contributed by atoms with Crippen LogP contribution in [0.15, 0.2) is 42.5 Å². The molecule has 4 rings (SSSR count). The van der Waals surface area contributed by atoms with Crippen molar-refractivity contribution in [3.8, 4) is 5.75 Å². The first-order chi connectivity index (χ1) is 15.9. The van der Waals surface area contributed by atoms with E-state index in [0.717, 1.165) is 31.2 Å². The van der Waals surface area contributed by atoms with E-state index in [9.17, 15) is 14.4 Å². The highest BCUT2D eigenvalue weighted by molar-refractivity contribution is 6.31. The number of halogens is 1. The second-order valence-electron chi connectivity index (χ2n) is 8.61. The number of nitrogens with one attached hydrogen (secondary N) is 2. The molecule has 2 aliphatic rings. The smallest absolute Gasteiger partial charge is 0.258 e. The van der Waals surface area contributed by atoms with Gasteiger partial charge in [-0.2, -0.15) is 0 Å². The van der Waals surface area contributed by atoms with Crippen LogP contribution in [0, 0.1) is 6.92 Å². The van der Waals surface area contributed by atoms with Gasteiger partial charge in [0.25, 0.3) is 5.91 Å². The Balaban J connectivity index is 1.63. The number of hydrogen-bond donors (Lipinski definition) is 2. The Labute approximate surface area is 198 Å². The van der Waals surface area contributed by atoms with Gasteiger partial charge in [0, 0.05) is 16.8 Å². The van der Waals surface area contributed by atoms with Gasteiger partial charge in [-0.1, -0.05) is 42.6 Å². The van der Waals surface area contributed by atoms with Crippen LogP contribution < -0.4 is 15.4 Å². The lowest BCUT2D eigenvalue weighted by molar-refractivity contribution is -0.135. The maximum absolute atomic E-state index is 13.7. The highest BCUT2D eigenvalue weighted by Gasteiger charge is 2.46. The average molecular weight is 470 g/mol. The first-order valence-corrected chi connectivity index (χ1v) is 11.6. The zero-order valence-corrected chi connectivity index (χ0v) is 19.5. The zero-order valence-electron chi connectivity index (χ0n) is 18.8. The van der Waals surface area contributed by atoms with Crippen molar-refractivity contribution in [3.05, 3.63) is 58.6 Å². The third-order valence-corrected chi connectivity index (χ3v) is 6.71. The van der Waals surface area contributed by atoms with Crippen LogP contribution in [-0.4, -0.2) is 47.9 Å². The van der Waals surface area contributed by atoms with Crippen molar-refractivity contribution >= 4 is 35.0 Å². The van der Waals surface area contributed by atoms with Crippen molar-refractivity contribution in [2.24, 2.45) is 0 Å². The normalized spacial score (nSPS) is 22.2. The van der Waals surface area contributed by atoms with Crippen molar-refractivity contribution in [1.82, 2.24) is 10.2 Å². The van der Waals surface area contributed by atoms with Crippen molar-refractivity contribution in [2.45, 2.75) is 57.2 Å². The quantitative estimate of drug-likeness (QED) is 0.694. The number of piperazine rings is 1. The molecule has 0 aromatic heterocycles. The van der Waals surface area contributed by atoms with E-state index >= 15 is 0 Å². The van der Waals surface area contributed by atoms with Crippen molar-refractivity contribution in [3.63, 3.8) is 0 Å². The van der Waals surface area contributed by atoms with Crippen LogP contribution in [-0.2, 0) is 9.59 Å². The largest absolute Gasteiger partial charge is 0.496 e. The van der Waals surface area contributed by atoms with Crippen molar-refractivity contribution in [1.29, 1.82) is 0 Å². The lowest BCUT2D eigenvalue weighted by Crippen LogP contribution is -2.68. The molecule has 174 valence electrons. The van der Waals surface area contributed by atoms with E-state index in [-0.39, 0.29) is 36.2 Å². The molecule has 2 aromatic rings. The number of carbonyl (C=O) groups is 3. The maximum atomic E-state index is 13.7. The third-order valence-electron chi connectivity index (χ3n) is 6.48. The molecule has 1 saturated carbocycles. The average Bonchev–Trinajstić information content (AvgIpc) is 2.81. The number of amides is 3. The van der Waals surface area contributed by atoms with Crippen LogP contribution in [0.5, 0.6) is 5.75 Å².